The average molecular weight is 531 g/mol. The van der Waals surface area contributed by atoms with Crippen LogP contribution in [0.15, 0.2) is 55.4 Å². The highest BCUT2D eigenvalue weighted by atomic mass is 35.5. The third-order valence-corrected chi connectivity index (χ3v) is 5.95. The van der Waals surface area contributed by atoms with Gasteiger partial charge in [-0.25, -0.2) is 4.39 Å². The van der Waals surface area contributed by atoms with E-state index in [1.54, 1.807) is 36.2 Å². The maximum atomic E-state index is 15.1. The summed E-state index contributed by atoms with van der Waals surface area (Å²) in [4.78, 5) is 4.56. The molecule has 0 aliphatic heterocycles. The van der Waals surface area contributed by atoms with Gasteiger partial charge in [0.25, 0.3) is 0 Å². The Morgan fingerprint density at radius 3 is 2.59 bits per heavy atom. The minimum Gasteiger partial charge on any atom is -0.385 e. The molecule has 0 spiro atoms. The Hall–Kier alpha value is -4.17. The van der Waals surface area contributed by atoms with Crippen LogP contribution in [-0.2, 0) is 4.74 Å². The minimum absolute atomic E-state index is 0.0597. The summed E-state index contributed by atoms with van der Waals surface area (Å²) < 4.78 is 50.3. The van der Waals surface area contributed by atoms with Crippen LogP contribution in [0.1, 0.15) is 24.7 Å². The molecule has 1 unspecified atom stereocenters. The molecule has 0 bridgehead atoms. The number of pyridine rings is 1. The molecule has 5 aromatic rings. The van der Waals surface area contributed by atoms with Gasteiger partial charge in [0.1, 0.15) is 6.33 Å². The monoisotopic (exact) mass is 530 g/mol. The lowest BCUT2D eigenvalue weighted by Crippen LogP contribution is -2.15. The third-order valence-electron chi connectivity index (χ3n) is 5.66. The minimum atomic E-state index is -2.84. The lowest BCUT2D eigenvalue weighted by atomic mass is 10.0. The van der Waals surface area contributed by atoms with E-state index in [2.05, 4.69) is 35.9 Å². The molecular formula is C22H18ClF3N10O. The molecule has 15 heteroatoms. The van der Waals surface area contributed by atoms with E-state index in [9.17, 15) is 8.78 Å². The summed E-state index contributed by atoms with van der Waals surface area (Å²) in [7, 11) is 1.57. The highest BCUT2D eigenvalue weighted by molar-refractivity contribution is 6.31. The van der Waals surface area contributed by atoms with E-state index >= 15 is 4.39 Å². The van der Waals surface area contributed by atoms with Gasteiger partial charge in [0.15, 0.2) is 5.82 Å². The molecule has 0 saturated heterocycles. The van der Waals surface area contributed by atoms with Crippen molar-refractivity contribution in [3.05, 3.63) is 71.9 Å². The molecule has 0 amide bonds. The fraction of sp³-hybridized carbons (Fsp3) is 0.227. The number of hydrogen-bond acceptors (Lipinski definition) is 8. The molecule has 0 radical (unpaired) electrons. The van der Waals surface area contributed by atoms with E-state index in [0.29, 0.717) is 40.2 Å². The molecule has 190 valence electrons. The van der Waals surface area contributed by atoms with Gasteiger partial charge in [0.2, 0.25) is 0 Å². The van der Waals surface area contributed by atoms with Gasteiger partial charge in [0, 0.05) is 42.8 Å². The molecule has 0 saturated carbocycles. The summed E-state index contributed by atoms with van der Waals surface area (Å²) in [5.74, 6) is -0.638. The number of halogens is 4. The zero-order chi connectivity index (χ0) is 25.9. The van der Waals surface area contributed by atoms with E-state index in [0.717, 1.165) is 0 Å². The molecule has 11 nitrogen and oxygen atoms in total. The van der Waals surface area contributed by atoms with E-state index in [-0.39, 0.29) is 16.3 Å². The Morgan fingerprint density at radius 2 is 1.89 bits per heavy atom. The number of methoxy groups -OCH3 is 1. The lowest BCUT2D eigenvalue weighted by Gasteiger charge is -2.18. The number of hydrogen-bond donors (Lipinski definition) is 0. The fourth-order valence-electron chi connectivity index (χ4n) is 3.91. The molecular weight excluding hydrogens is 513 g/mol. The number of rotatable bonds is 9. The van der Waals surface area contributed by atoms with Crippen molar-refractivity contribution >= 4 is 11.6 Å². The fourth-order valence-corrected chi connectivity index (χ4v) is 4.07. The molecule has 0 fully saturated rings. The van der Waals surface area contributed by atoms with Gasteiger partial charge in [-0.1, -0.05) is 22.9 Å². The second-order valence-electron chi connectivity index (χ2n) is 7.83. The highest BCUT2D eigenvalue weighted by Crippen LogP contribution is 2.34. The van der Waals surface area contributed by atoms with Gasteiger partial charge < -0.3 is 4.74 Å². The van der Waals surface area contributed by atoms with Crippen LogP contribution in [-0.4, -0.2) is 63.7 Å². The molecule has 37 heavy (non-hydrogen) atoms. The van der Waals surface area contributed by atoms with Crippen molar-refractivity contribution in [1.29, 1.82) is 0 Å². The SMILES string of the molecule is COCCC(c1ccc(-c2c(-n3cnnn3)ccc(Cl)c2F)cn1)n1cc(-c2cnnn2C(F)F)cn1. The van der Waals surface area contributed by atoms with Crippen LogP contribution >= 0.6 is 11.6 Å². The molecule has 0 aliphatic rings. The topological polar surface area (TPSA) is 114 Å². The zero-order valence-electron chi connectivity index (χ0n) is 19.2. The Kier molecular flexibility index (Phi) is 6.92. The Bertz CT molecular complexity index is 1490. The number of nitrogens with zero attached hydrogens (tertiary/aromatic N) is 10. The first-order chi connectivity index (χ1) is 18.0. The van der Waals surface area contributed by atoms with E-state index in [1.165, 1.54) is 35.7 Å². The Morgan fingerprint density at radius 1 is 1.03 bits per heavy atom. The second-order valence-corrected chi connectivity index (χ2v) is 8.24. The largest absolute Gasteiger partial charge is 0.385 e. The average Bonchev–Trinajstić information content (AvgIpc) is 3.68. The van der Waals surface area contributed by atoms with Crippen LogP contribution in [0.2, 0.25) is 5.02 Å². The van der Waals surface area contributed by atoms with Gasteiger partial charge in [-0.05, 0) is 35.0 Å². The summed E-state index contributed by atoms with van der Waals surface area (Å²) in [6.45, 7) is -2.46. The number of alkyl halides is 2. The quantitative estimate of drug-likeness (QED) is 0.281. The maximum Gasteiger partial charge on any atom is 0.335 e. The number of aromatic nitrogens is 10. The predicted octanol–water partition coefficient (Wildman–Crippen LogP) is 3.99. The van der Waals surface area contributed by atoms with Crippen LogP contribution in [0.4, 0.5) is 13.2 Å². The van der Waals surface area contributed by atoms with Gasteiger partial charge in [-0.2, -0.15) is 23.2 Å². The summed E-state index contributed by atoms with van der Waals surface area (Å²) in [6.07, 6.45) is 7.65. The van der Waals surface area contributed by atoms with Crippen molar-refractivity contribution in [2.45, 2.75) is 19.0 Å². The van der Waals surface area contributed by atoms with Gasteiger partial charge in [-0.3, -0.25) is 9.67 Å². The molecule has 0 N–H and O–H groups in total. The lowest BCUT2D eigenvalue weighted by molar-refractivity contribution is 0.0565. The number of ether oxygens (including phenoxy) is 1. The van der Waals surface area contributed by atoms with Crippen LogP contribution in [0.5, 0.6) is 0 Å². The Labute approximate surface area is 212 Å². The van der Waals surface area contributed by atoms with Gasteiger partial charge >= 0.3 is 6.55 Å². The van der Waals surface area contributed by atoms with Crippen LogP contribution in [0.25, 0.3) is 28.1 Å². The highest BCUT2D eigenvalue weighted by Gasteiger charge is 2.22. The maximum absolute atomic E-state index is 15.1. The zero-order valence-corrected chi connectivity index (χ0v) is 19.9. The first-order valence-corrected chi connectivity index (χ1v) is 11.2. The summed E-state index contributed by atoms with van der Waals surface area (Å²) in [5, 5.41) is 22.4. The van der Waals surface area contributed by atoms with Crippen LogP contribution in [0.3, 0.4) is 0 Å². The molecule has 4 aromatic heterocycles. The number of tetrazole rings is 1. The molecule has 1 aromatic carbocycles. The first kappa shape index (κ1) is 24.5. The summed E-state index contributed by atoms with van der Waals surface area (Å²) in [5.41, 5.74) is 2.16. The standard InChI is InChI=1S/C22H18ClF3N10O/c1-37-7-6-17(34-11-14(9-30-34)19-10-28-32-36(19)22(25)26)16-4-2-13(8-27-16)20-18(35-12-29-31-33-35)5-3-15(23)21(20)24/h2-5,8-12,17,22H,6-7H2,1H3. The molecule has 4 heterocycles. The van der Waals surface area contributed by atoms with Crippen LogP contribution in [0, 0.1) is 5.82 Å². The smallest absolute Gasteiger partial charge is 0.335 e. The number of benzene rings is 1. The van der Waals surface area contributed by atoms with Crippen molar-refractivity contribution in [3.8, 4) is 28.1 Å². The van der Waals surface area contributed by atoms with E-state index in [4.69, 9.17) is 16.3 Å². The summed E-state index contributed by atoms with van der Waals surface area (Å²) >= 11 is 6.05. The predicted molar refractivity (Wildman–Crippen MR) is 124 cm³/mol. The normalized spacial score (nSPS) is 12.4. The van der Waals surface area contributed by atoms with Gasteiger partial charge in [0.05, 0.1) is 40.5 Å². The van der Waals surface area contributed by atoms with Gasteiger partial charge in [-0.15, -0.1) is 10.2 Å². The second kappa shape index (κ2) is 10.4. The van der Waals surface area contributed by atoms with Crippen molar-refractivity contribution < 1.29 is 17.9 Å². The van der Waals surface area contributed by atoms with Crippen molar-refractivity contribution in [3.63, 3.8) is 0 Å². The van der Waals surface area contributed by atoms with Crippen molar-refractivity contribution in [2.75, 3.05) is 13.7 Å². The third kappa shape index (κ3) is 4.80. The molecule has 1 atom stereocenters. The molecule has 0 aliphatic carbocycles. The van der Waals surface area contributed by atoms with Crippen LogP contribution < -0.4 is 0 Å². The van der Waals surface area contributed by atoms with E-state index in [1.807, 2.05) is 0 Å². The Balaban J connectivity index is 1.50. The molecule has 5 rings (SSSR count). The van der Waals surface area contributed by atoms with Crippen molar-refractivity contribution in [2.24, 2.45) is 0 Å². The van der Waals surface area contributed by atoms with E-state index < -0.39 is 18.4 Å². The summed E-state index contributed by atoms with van der Waals surface area (Å²) in [6, 6.07) is 6.06. The first-order valence-electron chi connectivity index (χ1n) is 10.9. The van der Waals surface area contributed by atoms with Crippen molar-refractivity contribution in [1.82, 2.24) is 50.0 Å².